The molecule has 0 fully saturated rings. The predicted octanol–water partition coefficient (Wildman–Crippen LogP) is 2.07. The number of halogens is 1. The van der Waals surface area contributed by atoms with Crippen LogP contribution in [0.5, 0.6) is 0 Å². The zero-order valence-electron chi connectivity index (χ0n) is 16.6. The second-order valence-corrected chi connectivity index (χ2v) is 7.35. The van der Waals surface area contributed by atoms with Crippen LogP contribution in [0, 0.1) is 0 Å². The third-order valence-corrected chi connectivity index (χ3v) is 5.14. The Morgan fingerprint density at radius 3 is 2.71 bits per heavy atom. The number of aliphatic hydroxyl groups is 1. The van der Waals surface area contributed by atoms with Crippen LogP contribution in [0.4, 0.5) is 5.82 Å². The summed E-state index contributed by atoms with van der Waals surface area (Å²) < 4.78 is 6.50. The first-order valence-electron chi connectivity index (χ1n) is 9.60. The number of imidazole rings is 1. The lowest BCUT2D eigenvalue weighted by Crippen LogP contribution is -2.39. The minimum absolute atomic E-state index is 0.104. The smallest absolute Gasteiger partial charge is 0.255 e. The molecule has 3 aromatic heterocycles. The number of pyridine rings is 1. The third kappa shape index (κ3) is 4.07. The van der Waals surface area contributed by atoms with Gasteiger partial charge in [-0.05, 0) is 41.4 Å². The number of rotatable bonds is 7. The first-order chi connectivity index (χ1) is 15.0. The monoisotopic (exact) mass is 441 g/mol. The molecule has 10 nitrogen and oxygen atoms in total. The molecule has 0 aliphatic rings. The van der Waals surface area contributed by atoms with Crippen LogP contribution >= 0.6 is 11.6 Å². The van der Waals surface area contributed by atoms with Crippen molar-refractivity contribution < 1.29 is 14.5 Å². The van der Waals surface area contributed by atoms with Crippen molar-refractivity contribution in [2.24, 2.45) is 0 Å². The van der Waals surface area contributed by atoms with Crippen LogP contribution in [0.2, 0.25) is 5.02 Å². The largest absolute Gasteiger partial charge is 0.394 e. The highest BCUT2D eigenvalue weighted by atomic mass is 35.5. The Morgan fingerprint density at radius 1 is 1.29 bits per heavy atom. The summed E-state index contributed by atoms with van der Waals surface area (Å²) in [6.07, 6.45) is 3.47. The maximum atomic E-state index is 13.1. The number of nitrogen functional groups attached to an aromatic ring is 1. The highest BCUT2D eigenvalue weighted by Crippen LogP contribution is 2.28. The van der Waals surface area contributed by atoms with E-state index < -0.39 is 6.04 Å². The SMILES string of the molecule is CCn1c(-c2nonc2N)nc2cncc(C(=O)NC(CO)Cc3ccc(Cl)cc3)c21. The summed E-state index contributed by atoms with van der Waals surface area (Å²) in [7, 11) is 0. The topological polar surface area (TPSA) is 145 Å². The van der Waals surface area contributed by atoms with Crippen LogP contribution in [0.15, 0.2) is 41.3 Å². The maximum absolute atomic E-state index is 13.1. The lowest BCUT2D eigenvalue weighted by molar-refractivity contribution is 0.0917. The number of aliphatic hydroxyl groups excluding tert-OH is 1. The Labute approximate surface area is 182 Å². The quantitative estimate of drug-likeness (QED) is 0.395. The molecule has 31 heavy (non-hydrogen) atoms. The lowest BCUT2D eigenvalue weighted by Gasteiger charge is -2.17. The van der Waals surface area contributed by atoms with Crippen molar-refractivity contribution in [2.45, 2.75) is 25.9 Å². The fourth-order valence-corrected chi connectivity index (χ4v) is 3.55. The van der Waals surface area contributed by atoms with Crippen molar-refractivity contribution in [3.8, 4) is 11.5 Å². The molecule has 3 heterocycles. The molecule has 1 atom stereocenters. The van der Waals surface area contributed by atoms with Crippen molar-refractivity contribution in [1.29, 1.82) is 0 Å². The molecule has 0 radical (unpaired) electrons. The average Bonchev–Trinajstić information content (AvgIpc) is 3.36. The normalized spacial score (nSPS) is 12.2. The fourth-order valence-electron chi connectivity index (χ4n) is 3.42. The summed E-state index contributed by atoms with van der Waals surface area (Å²) >= 11 is 5.92. The second-order valence-electron chi connectivity index (χ2n) is 6.92. The Bertz CT molecular complexity index is 1220. The number of hydrogen-bond acceptors (Lipinski definition) is 8. The van der Waals surface area contributed by atoms with Crippen LogP contribution in [-0.2, 0) is 13.0 Å². The Balaban J connectivity index is 1.66. The molecule has 0 bridgehead atoms. The zero-order valence-corrected chi connectivity index (χ0v) is 17.4. The summed E-state index contributed by atoms with van der Waals surface area (Å²) in [5, 5.41) is 20.7. The van der Waals surface area contributed by atoms with Gasteiger partial charge in [0, 0.05) is 17.8 Å². The minimum atomic E-state index is -0.489. The van der Waals surface area contributed by atoms with Crippen LogP contribution in [0.3, 0.4) is 0 Å². The van der Waals surface area contributed by atoms with Gasteiger partial charge in [0.1, 0.15) is 5.52 Å². The lowest BCUT2D eigenvalue weighted by atomic mass is 10.1. The van der Waals surface area contributed by atoms with Gasteiger partial charge >= 0.3 is 0 Å². The van der Waals surface area contributed by atoms with E-state index in [1.807, 2.05) is 19.1 Å². The molecule has 1 unspecified atom stereocenters. The van der Waals surface area contributed by atoms with Gasteiger partial charge in [0.25, 0.3) is 5.91 Å². The van der Waals surface area contributed by atoms with E-state index >= 15 is 0 Å². The van der Waals surface area contributed by atoms with Crippen molar-refractivity contribution >= 4 is 34.4 Å². The van der Waals surface area contributed by atoms with Gasteiger partial charge in [0.2, 0.25) is 0 Å². The number of nitrogens with two attached hydrogens (primary N) is 1. The van der Waals surface area contributed by atoms with Crippen LogP contribution in [0.1, 0.15) is 22.8 Å². The number of aromatic nitrogens is 5. The predicted molar refractivity (Wildman–Crippen MR) is 114 cm³/mol. The van der Waals surface area contributed by atoms with Crippen LogP contribution < -0.4 is 11.1 Å². The van der Waals surface area contributed by atoms with Crippen molar-refractivity contribution in [3.63, 3.8) is 0 Å². The standard InChI is InChI=1S/C20H20ClN7O3/c1-2-28-17-14(8-23-9-15(17)25-19(28)16-18(22)27-31-26-16)20(30)24-13(10-29)7-11-3-5-12(21)6-4-11/h3-6,8-9,13,29H,2,7,10H2,1H3,(H2,22,27)(H,24,30). The number of anilines is 1. The average molecular weight is 442 g/mol. The van der Waals surface area contributed by atoms with E-state index in [-0.39, 0.29) is 18.3 Å². The molecule has 0 aliphatic carbocycles. The van der Waals surface area contributed by atoms with E-state index in [1.165, 1.54) is 6.20 Å². The van der Waals surface area contributed by atoms with Gasteiger partial charge in [0.15, 0.2) is 17.3 Å². The second kappa shape index (κ2) is 8.70. The molecule has 4 aromatic rings. The van der Waals surface area contributed by atoms with Gasteiger partial charge in [-0.15, -0.1) is 0 Å². The van der Waals surface area contributed by atoms with Crippen molar-refractivity contribution in [3.05, 3.63) is 52.8 Å². The van der Waals surface area contributed by atoms with E-state index in [1.54, 1.807) is 22.9 Å². The molecule has 0 aliphatic heterocycles. The van der Waals surface area contributed by atoms with Gasteiger partial charge in [-0.25, -0.2) is 9.61 Å². The summed E-state index contributed by atoms with van der Waals surface area (Å²) in [6, 6.07) is 6.76. The van der Waals surface area contributed by atoms with E-state index in [0.29, 0.717) is 46.1 Å². The number of aryl methyl sites for hydroxylation is 1. The molecule has 11 heteroatoms. The summed E-state index contributed by atoms with van der Waals surface area (Å²) in [5.41, 5.74) is 8.47. The Morgan fingerprint density at radius 2 is 2.06 bits per heavy atom. The number of carbonyl (C=O) groups excluding carboxylic acids is 1. The number of carbonyl (C=O) groups is 1. The summed E-state index contributed by atoms with van der Waals surface area (Å²) in [4.78, 5) is 21.8. The molecular weight excluding hydrogens is 422 g/mol. The van der Waals surface area contributed by atoms with E-state index in [9.17, 15) is 9.90 Å². The highest BCUT2D eigenvalue weighted by Gasteiger charge is 2.23. The molecule has 1 amide bonds. The Hall–Kier alpha value is -3.50. The Kier molecular flexibility index (Phi) is 5.83. The number of fused-ring (bicyclic) bond motifs is 1. The van der Waals surface area contributed by atoms with Gasteiger partial charge in [0.05, 0.1) is 29.9 Å². The van der Waals surface area contributed by atoms with Crippen molar-refractivity contribution in [1.82, 2.24) is 30.2 Å². The van der Waals surface area contributed by atoms with E-state index in [2.05, 4.69) is 25.6 Å². The molecule has 1 aromatic carbocycles. The molecule has 160 valence electrons. The molecule has 0 saturated carbocycles. The minimum Gasteiger partial charge on any atom is -0.394 e. The maximum Gasteiger partial charge on any atom is 0.255 e. The summed E-state index contributed by atoms with van der Waals surface area (Å²) in [5.74, 6) is 0.156. The summed E-state index contributed by atoms with van der Waals surface area (Å²) in [6.45, 7) is 2.18. The number of hydrogen-bond donors (Lipinski definition) is 3. The third-order valence-electron chi connectivity index (χ3n) is 4.89. The van der Waals surface area contributed by atoms with E-state index in [0.717, 1.165) is 5.56 Å². The molecule has 4 rings (SSSR count). The first kappa shape index (κ1) is 20.8. The van der Waals surface area contributed by atoms with Gasteiger partial charge in [-0.1, -0.05) is 23.7 Å². The van der Waals surface area contributed by atoms with Crippen LogP contribution in [-0.4, -0.2) is 48.5 Å². The number of nitrogens with one attached hydrogen (secondary N) is 1. The van der Waals surface area contributed by atoms with Gasteiger partial charge in [-0.2, -0.15) is 0 Å². The molecule has 0 saturated heterocycles. The van der Waals surface area contributed by atoms with Gasteiger partial charge in [-0.3, -0.25) is 9.78 Å². The molecular formula is C20H20ClN7O3. The van der Waals surface area contributed by atoms with Crippen molar-refractivity contribution in [2.75, 3.05) is 12.3 Å². The number of benzene rings is 1. The molecule has 4 N–H and O–H groups in total. The zero-order chi connectivity index (χ0) is 22.0. The number of amides is 1. The number of nitrogens with zero attached hydrogens (tertiary/aromatic N) is 5. The van der Waals surface area contributed by atoms with Crippen LogP contribution in [0.25, 0.3) is 22.6 Å². The first-order valence-corrected chi connectivity index (χ1v) is 9.98. The molecule has 0 spiro atoms. The highest BCUT2D eigenvalue weighted by molar-refractivity contribution is 6.30. The fraction of sp³-hybridized carbons (Fsp3) is 0.250. The van der Waals surface area contributed by atoms with Gasteiger partial charge < -0.3 is 20.7 Å². The van der Waals surface area contributed by atoms with E-state index in [4.69, 9.17) is 22.0 Å².